The molecule has 92 valence electrons. The smallest absolute Gasteiger partial charge is 0.263 e. The molecule has 0 aromatic carbocycles. The van der Waals surface area contributed by atoms with Gasteiger partial charge in [-0.1, -0.05) is 13.8 Å². The molecule has 0 atom stereocenters. The Kier molecular flexibility index (Phi) is 4.35. The number of hydrogen-bond acceptors (Lipinski definition) is 5. The minimum absolute atomic E-state index is 0.253. The van der Waals surface area contributed by atoms with E-state index in [9.17, 15) is 4.79 Å². The van der Waals surface area contributed by atoms with Crippen molar-refractivity contribution in [2.75, 3.05) is 24.6 Å². The fourth-order valence-corrected chi connectivity index (χ4v) is 2.28. The summed E-state index contributed by atoms with van der Waals surface area (Å²) in [4.78, 5) is 11.9. The summed E-state index contributed by atoms with van der Waals surface area (Å²) in [6, 6.07) is 2.03. The van der Waals surface area contributed by atoms with E-state index in [4.69, 9.17) is 11.0 Å². The van der Waals surface area contributed by atoms with E-state index < -0.39 is 0 Å². The molecule has 17 heavy (non-hydrogen) atoms. The first kappa shape index (κ1) is 13.3. The average molecular weight is 252 g/mol. The number of hydrogen-bond donors (Lipinski definition) is 3. The molecule has 0 aliphatic heterocycles. The lowest BCUT2D eigenvalue weighted by Crippen LogP contribution is -2.17. The Morgan fingerprint density at radius 2 is 2.24 bits per heavy atom. The summed E-state index contributed by atoms with van der Waals surface area (Å²) in [5, 5.41) is 15.3. The molecule has 6 heteroatoms. The number of nitrogens with two attached hydrogens (primary N) is 1. The van der Waals surface area contributed by atoms with Crippen molar-refractivity contribution < 1.29 is 4.79 Å². The number of nitriles is 1. The maximum atomic E-state index is 11.5. The van der Waals surface area contributed by atoms with Crippen molar-refractivity contribution >= 4 is 27.9 Å². The monoisotopic (exact) mass is 252 g/mol. The third-order valence-electron chi connectivity index (χ3n) is 2.16. The van der Waals surface area contributed by atoms with Crippen molar-refractivity contribution in [3.05, 3.63) is 10.4 Å². The number of amides is 1. The van der Waals surface area contributed by atoms with Crippen LogP contribution in [-0.2, 0) is 0 Å². The Bertz CT molecular complexity index is 459. The van der Waals surface area contributed by atoms with Gasteiger partial charge in [-0.15, -0.1) is 11.3 Å². The van der Waals surface area contributed by atoms with Gasteiger partial charge in [0, 0.05) is 13.6 Å². The van der Waals surface area contributed by atoms with E-state index in [1.165, 1.54) is 18.4 Å². The van der Waals surface area contributed by atoms with Gasteiger partial charge in [0.05, 0.1) is 5.69 Å². The van der Waals surface area contributed by atoms with Gasteiger partial charge in [-0.2, -0.15) is 5.26 Å². The highest BCUT2D eigenvalue weighted by Gasteiger charge is 2.20. The van der Waals surface area contributed by atoms with Gasteiger partial charge in [-0.05, 0) is 5.92 Å². The zero-order chi connectivity index (χ0) is 13.0. The lowest BCUT2D eigenvalue weighted by atomic mass is 10.2. The molecule has 0 aliphatic carbocycles. The molecular formula is C11H16N4OS. The Morgan fingerprint density at radius 3 is 2.71 bits per heavy atom. The summed E-state index contributed by atoms with van der Waals surface area (Å²) >= 11 is 1.21. The molecule has 4 N–H and O–H groups in total. The summed E-state index contributed by atoms with van der Waals surface area (Å²) in [5.74, 6) is 0.190. The van der Waals surface area contributed by atoms with Crippen LogP contribution in [0.25, 0.3) is 0 Å². The van der Waals surface area contributed by atoms with Crippen LogP contribution in [0, 0.1) is 17.2 Å². The highest BCUT2D eigenvalue weighted by atomic mass is 32.1. The molecule has 0 bridgehead atoms. The zero-order valence-corrected chi connectivity index (χ0v) is 10.9. The fourth-order valence-electron chi connectivity index (χ4n) is 1.26. The summed E-state index contributed by atoms with van der Waals surface area (Å²) in [6.45, 7) is 4.87. The van der Waals surface area contributed by atoms with Gasteiger partial charge in [-0.3, -0.25) is 4.79 Å². The van der Waals surface area contributed by atoms with Crippen molar-refractivity contribution in [2.24, 2.45) is 5.92 Å². The van der Waals surface area contributed by atoms with Crippen LogP contribution >= 0.6 is 11.3 Å². The molecular weight excluding hydrogens is 236 g/mol. The lowest BCUT2D eigenvalue weighted by molar-refractivity contribution is 0.0968. The molecule has 0 fully saturated rings. The van der Waals surface area contributed by atoms with Crippen LogP contribution in [0.2, 0.25) is 0 Å². The third-order valence-corrected chi connectivity index (χ3v) is 3.32. The Morgan fingerprint density at radius 1 is 1.59 bits per heavy atom. The highest BCUT2D eigenvalue weighted by Crippen LogP contribution is 2.35. The second-order valence-electron chi connectivity index (χ2n) is 4.01. The topological polar surface area (TPSA) is 90.9 Å². The summed E-state index contributed by atoms with van der Waals surface area (Å²) in [6.07, 6.45) is 0. The molecule has 0 saturated heterocycles. The SMILES string of the molecule is CNC(=O)c1sc(NCC(C)C)c(C#N)c1N. The molecule has 0 radical (unpaired) electrons. The quantitative estimate of drug-likeness (QED) is 0.759. The number of carbonyl (C=O) groups is 1. The molecule has 1 heterocycles. The number of nitrogens with one attached hydrogen (secondary N) is 2. The zero-order valence-electron chi connectivity index (χ0n) is 10.1. The van der Waals surface area contributed by atoms with Gasteiger partial charge in [0.15, 0.2) is 0 Å². The van der Waals surface area contributed by atoms with Gasteiger partial charge >= 0.3 is 0 Å². The van der Waals surface area contributed by atoms with E-state index in [0.717, 1.165) is 6.54 Å². The van der Waals surface area contributed by atoms with E-state index in [-0.39, 0.29) is 11.6 Å². The van der Waals surface area contributed by atoms with Gasteiger partial charge in [0.2, 0.25) is 0 Å². The Balaban J connectivity index is 3.06. The summed E-state index contributed by atoms with van der Waals surface area (Å²) in [5.41, 5.74) is 6.39. The normalized spacial score (nSPS) is 10.1. The number of rotatable bonds is 4. The van der Waals surface area contributed by atoms with Crippen LogP contribution in [0.4, 0.5) is 10.7 Å². The van der Waals surface area contributed by atoms with Crippen molar-refractivity contribution in [3.63, 3.8) is 0 Å². The minimum atomic E-state index is -0.262. The van der Waals surface area contributed by atoms with Crippen molar-refractivity contribution in [1.82, 2.24) is 5.32 Å². The molecule has 1 amide bonds. The molecule has 1 aromatic rings. The molecule has 0 aliphatic rings. The number of anilines is 2. The first-order valence-electron chi connectivity index (χ1n) is 5.29. The molecule has 0 unspecified atom stereocenters. The summed E-state index contributed by atoms with van der Waals surface area (Å²) in [7, 11) is 1.54. The Hall–Kier alpha value is -1.74. The van der Waals surface area contributed by atoms with Crippen LogP contribution in [-0.4, -0.2) is 19.5 Å². The van der Waals surface area contributed by atoms with Gasteiger partial charge in [-0.25, -0.2) is 0 Å². The van der Waals surface area contributed by atoms with E-state index in [1.807, 2.05) is 6.07 Å². The number of nitrogen functional groups attached to an aromatic ring is 1. The largest absolute Gasteiger partial charge is 0.396 e. The second-order valence-corrected chi connectivity index (χ2v) is 5.04. The predicted molar refractivity (Wildman–Crippen MR) is 70.2 cm³/mol. The maximum absolute atomic E-state index is 11.5. The molecule has 5 nitrogen and oxygen atoms in total. The van der Waals surface area contributed by atoms with Gasteiger partial charge < -0.3 is 16.4 Å². The van der Waals surface area contributed by atoms with Crippen molar-refractivity contribution in [3.8, 4) is 6.07 Å². The van der Waals surface area contributed by atoms with Crippen molar-refractivity contribution in [2.45, 2.75) is 13.8 Å². The first-order chi connectivity index (χ1) is 8.01. The summed E-state index contributed by atoms with van der Waals surface area (Å²) < 4.78 is 0. The van der Waals surface area contributed by atoms with Crippen LogP contribution in [0.1, 0.15) is 29.1 Å². The third kappa shape index (κ3) is 2.88. The van der Waals surface area contributed by atoms with Gasteiger partial charge in [0.1, 0.15) is 21.5 Å². The number of nitrogens with zero attached hydrogens (tertiary/aromatic N) is 1. The minimum Gasteiger partial charge on any atom is -0.396 e. The number of thiophene rings is 1. The van der Waals surface area contributed by atoms with Crippen molar-refractivity contribution in [1.29, 1.82) is 5.26 Å². The van der Waals surface area contributed by atoms with Crippen LogP contribution < -0.4 is 16.4 Å². The van der Waals surface area contributed by atoms with E-state index in [2.05, 4.69) is 24.5 Å². The number of carbonyl (C=O) groups excluding carboxylic acids is 1. The fraction of sp³-hybridized carbons (Fsp3) is 0.455. The molecule has 1 rings (SSSR count). The van der Waals surface area contributed by atoms with E-state index in [1.54, 1.807) is 0 Å². The lowest BCUT2D eigenvalue weighted by Gasteiger charge is -2.06. The Labute approximate surface area is 105 Å². The van der Waals surface area contributed by atoms with Crippen LogP contribution in [0.15, 0.2) is 0 Å². The van der Waals surface area contributed by atoms with Crippen LogP contribution in [0.5, 0.6) is 0 Å². The molecule has 1 aromatic heterocycles. The highest BCUT2D eigenvalue weighted by molar-refractivity contribution is 7.18. The molecule has 0 spiro atoms. The maximum Gasteiger partial charge on any atom is 0.263 e. The first-order valence-corrected chi connectivity index (χ1v) is 6.11. The second kappa shape index (κ2) is 5.55. The average Bonchev–Trinajstić information content (AvgIpc) is 2.62. The van der Waals surface area contributed by atoms with Crippen LogP contribution in [0.3, 0.4) is 0 Å². The molecule has 0 saturated carbocycles. The van der Waals surface area contributed by atoms with E-state index >= 15 is 0 Å². The predicted octanol–water partition coefficient (Wildman–Crippen LogP) is 1.63. The van der Waals surface area contributed by atoms with Gasteiger partial charge in [0.25, 0.3) is 5.91 Å². The standard InChI is InChI=1S/C11H16N4OS/c1-6(2)5-15-11-7(4-12)8(13)9(17-11)10(16)14-3/h6,15H,5,13H2,1-3H3,(H,14,16). The van der Waals surface area contributed by atoms with E-state index in [0.29, 0.717) is 21.4 Å².